The number of nitrogens with one attached hydrogen (secondary N) is 2. The molecule has 4 N–H and O–H groups in total. The second-order valence-electron chi connectivity index (χ2n) is 8.17. The largest absolute Gasteiger partial charge is 0.474 e. The van der Waals surface area contributed by atoms with Crippen LogP contribution in [0.5, 0.6) is 5.88 Å². The van der Waals surface area contributed by atoms with Gasteiger partial charge in [0.05, 0.1) is 24.4 Å². The molecule has 3 rings (SSSR count). The van der Waals surface area contributed by atoms with Crippen molar-refractivity contribution in [3.05, 3.63) is 35.9 Å². The maximum absolute atomic E-state index is 12.7. The van der Waals surface area contributed by atoms with Gasteiger partial charge in [0, 0.05) is 19.1 Å². The average molecular weight is 471 g/mol. The molecule has 1 aliphatic heterocycles. The number of amides is 2. The van der Waals surface area contributed by atoms with Crippen molar-refractivity contribution in [2.24, 2.45) is 5.92 Å². The highest BCUT2D eigenvalue weighted by Crippen LogP contribution is 2.29. The van der Waals surface area contributed by atoms with Crippen LogP contribution in [0.1, 0.15) is 12.5 Å². The highest BCUT2D eigenvalue weighted by Gasteiger charge is 2.38. The van der Waals surface area contributed by atoms with Crippen LogP contribution < -0.4 is 15.4 Å². The summed E-state index contributed by atoms with van der Waals surface area (Å²) in [6, 6.07) is 7.93. The van der Waals surface area contributed by atoms with E-state index in [-0.39, 0.29) is 31.5 Å². The summed E-state index contributed by atoms with van der Waals surface area (Å²) in [5.74, 6) is 0.314. The normalized spacial score (nSPS) is 20.0. The van der Waals surface area contributed by atoms with Crippen LogP contribution in [0.25, 0.3) is 5.69 Å². The SMILES string of the molecule is Cc1c(OC[C@H](O)CO)nn(-c2ccccc2)c1NC(=O)N[C@H]1CN(CC(F)(F)F)C[C@@H]1C. The van der Waals surface area contributed by atoms with Crippen LogP contribution in [-0.4, -0.2) is 82.1 Å². The van der Waals surface area contributed by atoms with E-state index in [9.17, 15) is 23.1 Å². The van der Waals surface area contributed by atoms with E-state index >= 15 is 0 Å². The van der Waals surface area contributed by atoms with E-state index in [1.165, 1.54) is 9.58 Å². The molecule has 1 saturated heterocycles. The summed E-state index contributed by atoms with van der Waals surface area (Å²) in [7, 11) is 0. The molecule has 12 heteroatoms. The lowest BCUT2D eigenvalue weighted by atomic mass is 10.1. The van der Waals surface area contributed by atoms with Gasteiger partial charge in [-0.3, -0.25) is 10.2 Å². The van der Waals surface area contributed by atoms with Gasteiger partial charge in [0.25, 0.3) is 0 Å². The maximum Gasteiger partial charge on any atom is 0.401 e. The van der Waals surface area contributed by atoms with Crippen molar-refractivity contribution in [2.75, 3.05) is 38.2 Å². The van der Waals surface area contributed by atoms with E-state index < -0.39 is 37.5 Å². The van der Waals surface area contributed by atoms with Crippen LogP contribution in [0.4, 0.5) is 23.8 Å². The Bertz CT molecular complexity index is 938. The van der Waals surface area contributed by atoms with Gasteiger partial charge >= 0.3 is 12.2 Å². The molecule has 1 aliphatic rings. The van der Waals surface area contributed by atoms with Crippen LogP contribution in [0, 0.1) is 12.8 Å². The number of hydrogen-bond donors (Lipinski definition) is 4. The fourth-order valence-corrected chi connectivity index (χ4v) is 3.69. The molecule has 182 valence electrons. The van der Waals surface area contributed by atoms with Gasteiger partial charge in [-0.2, -0.15) is 13.2 Å². The van der Waals surface area contributed by atoms with E-state index in [0.717, 1.165) is 0 Å². The maximum atomic E-state index is 12.7. The highest BCUT2D eigenvalue weighted by molar-refractivity contribution is 5.90. The molecule has 2 aromatic rings. The minimum atomic E-state index is -4.30. The summed E-state index contributed by atoms with van der Waals surface area (Å²) in [5, 5.41) is 28.4. The summed E-state index contributed by atoms with van der Waals surface area (Å²) < 4.78 is 45.1. The molecule has 2 amide bonds. The number of nitrogens with zero attached hydrogens (tertiary/aromatic N) is 3. The standard InChI is InChI=1S/C21H28F3N5O4/c1-13-8-28(12-21(22,23)24)9-17(13)25-20(32)26-18-14(2)19(33-11-16(31)10-30)27-29(18)15-6-4-3-5-7-15/h3-7,13,16-17,30-31H,8-12H2,1-2H3,(H2,25,26,32)/t13-,16+,17-/m0/s1. The molecule has 3 atom stereocenters. The number of rotatable bonds is 8. The first-order valence-electron chi connectivity index (χ1n) is 10.5. The number of anilines is 1. The molecule has 33 heavy (non-hydrogen) atoms. The van der Waals surface area contributed by atoms with Gasteiger partial charge in [0.15, 0.2) is 0 Å². The fraction of sp³-hybridized carbons (Fsp3) is 0.524. The molecule has 2 heterocycles. The first-order valence-corrected chi connectivity index (χ1v) is 10.5. The van der Waals surface area contributed by atoms with Crippen LogP contribution >= 0.6 is 0 Å². The number of benzene rings is 1. The number of ether oxygens (including phenoxy) is 1. The summed E-state index contributed by atoms with van der Waals surface area (Å²) in [6.45, 7) is 2.11. The minimum absolute atomic E-state index is 0.0957. The van der Waals surface area contributed by atoms with Gasteiger partial charge in [-0.25, -0.2) is 9.48 Å². The second kappa shape index (κ2) is 10.4. The number of aliphatic hydroxyl groups excluding tert-OH is 2. The van der Waals surface area contributed by atoms with E-state index in [2.05, 4.69) is 15.7 Å². The van der Waals surface area contributed by atoms with Gasteiger partial charge in [0.2, 0.25) is 5.88 Å². The number of halogens is 3. The van der Waals surface area contributed by atoms with E-state index in [0.29, 0.717) is 17.1 Å². The number of aliphatic hydroxyl groups is 2. The Balaban J connectivity index is 1.75. The molecule has 1 aromatic carbocycles. The van der Waals surface area contributed by atoms with Crippen molar-refractivity contribution < 1.29 is 32.9 Å². The smallest absolute Gasteiger partial charge is 0.401 e. The lowest BCUT2D eigenvalue weighted by Crippen LogP contribution is -2.43. The number of hydrogen-bond acceptors (Lipinski definition) is 6. The number of alkyl halides is 3. The Labute approximate surface area is 189 Å². The molecule has 0 bridgehead atoms. The third-order valence-corrected chi connectivity index (χ3v) is 5.34. The Morgan fingerprint density at radius 3 is 2.64 bits per heavy atom. The first-order chi connectivity index (χ1) is 15.6. The number of para-hydroxylation sites is 1. The van der Waals surface area contributed by atoms with Crippen LogP contribution in [0.15, 0.2) is 30.3 Å². The molecule has 1 fully saturated rings. The van der Waals surface area contributed by atoms with Crippen molar-refractivity contribution in [3.8, 4) is 11.6 Å². The molecule has 0 unspecified atom stereocenters. The molecular formula is C21H28F3N5O4. The minimum Gasteiger partial charge on any atom is -0.474 e. The van der Waals surface area contributed by atoms with Gasteiger partial charge < -0.3 is 20.3 Å². The van der Waals surface area contributed by atoms with Gasteiger partial charge in [-0.15, -0.1) is 5.10 Å². The lowest BCUT2D eigenvalue weighted by molar-refractivity contribution is -0.143. The zero-order valence-corrected chi connectivity index (χ0v) is 18.3. The second-order valence-corrected chi connectivity index (χ2v) is 8.17. The number of carbonyl (C=O) groups is 1. The van der Waals surface area contributed by atoms with Crippen molar-refractivity contribution in [1.29, 1.82) is 0 Å². The summed E-state index contributed by atoms with van der Waals surface area (Å²) in [6.07, 6.45) is -5.38. The predicted octanol–water partition coefficient (Wildman–Crippen LogP) is 1.92. The van der Waals surface area contributed by atoms with Crippen molar-refractivity contribution >= 4 is 11.8 Å². The summed E-state index contributed by atoms with van der Waals surface area (Å²) in [4.78, 5) is 14.0. The number of aromatic nitrogens is 2. The van der Waals surface area contributed by atoms with Gasteiger partial charge in [0.1, 0.15) is 18.5 Å². The van der Waals surface area contributed by atoms with Crippen molar-refractivity contribution in [2.45, 2.75) is 32.2 Å². The van der Waals surface area contributed by atoms with Crippen LogP contribution in [0.3, 0.4) is 0 Å². The third-order valence-electron chi connectivity index (χ3n) is 5.34. The van der Waals surface area contributed by atoms with Crippen LogP contribution in [0.2, 0.25) is 0 Å². The Morgan fingerprint density at radius 2 is 2.00 bits per heavy atom. The quantitative estimate of drug-likeness (QED) is 0.468. The predicted molar refractivity (Wildman–Crippen MR) is 114 cm³/mol. The van der Waals surface area contributed by atoms with Gasteiger partial charge in [-0.05, 0) is 25.0 Å². The molecule has 0 spiro atoms. The third kappa shape index (κ3) is 6.59. The lowest BCUT2D eigenvalue weighted by Gasteiger charge is -2.19. The summed E-state index contributed by atoms with van der Waals surface area (Å²) in [5.41, 5.74) is 1.12. The highest BCUT2D eigenvalue weighted by atomic mass is 19.4. The summed E-state index contributed by atoms with van der Waals surface area (Å²) >= 11 is 0. The molecule has 9 nitrogen and oxygen atoms in total. The first kappa shape index (κ1) is 24.8. The Hall–Kier alpha value is -2.83. The monoisotopic (exact) mass is 471 g/mol. The number of carbonyl (C=O) groups excluding carboxylic acids is 1. The zero-order valence-electron chi connectivity index (χ0n) is 18.3. The van der Waals surface area contributed by atoms with Crippen LogP contribution in [-0.2, 0) is 0 Å². The Morgan fingerprint density at radius 1 is 1.30 bits per heavy atom. The number of urea groups is 1. The molecule has 1 aromatic heterocycles. The molecule has 0 aliphatic carbocycles. The topological polar surface area (TPSA) is 112 Å². The zero-order chi connectivity index (χ0) is 24.2. The molecule has 0 saturated carbocycles. The average Bonchev–Trinajstić information content (AvgIpc) is 3.24. The van der Waals surface area contributed by atoms with E-state index in [4.69, 9.17) is 9.84 Å². The van der Waals surface area contributed by atoms with E-state index in [1.54, 1.807) is 38.1 Å². The Kier molecular flexibility index (Phi) is 7.82. The molecular weight excluding hydrogens is 443 g/mol. The molecule has 0 radical (unpaired) electrons. The van der Waals surface area contributed by atoms with Crippen molar-refractivity contribution in [3.63, 3.8) is 0 Å². The number of likely N-dealkylation sites (tertiary alicyclic amines) is 1. The fourth-order valence-electron chi connectivity index (χ4n) is 3.69. The van der Waals surface area contributed by atoms with Gasteiger partial charge in [-0.1, -0.05) is 25.1 Å². The van der Waals surface area contributed by atoms with Crippen molar-refractivity contribution in [1.82, 2.24) is 20.0 Å². The van der Waals surface area contributed by atoms with E-state index in [1.807, 2.05) is 6.07 Å².